The fourth-order valence-corrected chi connectivity index (χ4v) is 5.71. The van der Waals surface area contributed by atoms with Crippen LogP contribution in [0.3, 0.4) is 0 Å². The fourth-order valence-electron chi connectivity index (χ4n) is 5.71. The molecule has 8 heteroatoms. The Morgan fingerprint density at radius 1 is 0.927 bits per heavy atom. The highest BCUT2D eigenvalue weighted by Crippen LogP contribution is 2.26. The number of unbranched alkanes of at least 4 members (excludes halogenated alkanes) is 1. The highest BCUT2D eigenvalue weighted by Gasteiger charge is 2.36. The number of rotatable bonds is 14. The summed E-state index contributed by atoms with van der Waals surface area (Å²) in [5.74, 6) is -1.85. The number of hydrogen-bond donors (Lipinski definition) is 3. The van der Waals surface area contributed by atoms with Crippen LogP contribution in [0.25, 0.3) is 10.8 Å². The first-order chi connectivity index (χ1) is 19.9. The molecule has 0 bridgehead atoms. The van der Waals surface area contributed by atoms with Crippen LogP contribution in [0.1, 0.15) is 49.7 Å². The minimum absolute atomic E-state index is 0.00403. The van der Waals surface area contributed by atoms with Gasteiger partial charge in [-0.05, 0) is 54.1 Å². The molecule has 1 aliphatic heterocycles. The molecule has 4 rings (SSSR count). The predicted molar refractivity (Wildman–Crippen MR) is 160 cm³/mol. The number of nitrogens with two attached hydrogens (primary N) is 2. The summed E-state index contributed by atoms with van der Waals surface area (Å²) < 4.78 is 0. The molecule has 1 fully saturated rings. The Morgan fingerprint density at radius 3 is 2.41 bits per heavy atom. The molecule has 8 nitrogen and oxygen atoms in total. The highest BCUT2D eigenvalue weighted by atomic mass is 16.2. The van der Waals surface area contributed by atoms with Gasteiger partial charge in [-0.15, -0.1) is 0 Å². The van der Waals surface area contributed by atoms with Gasteiger partial charge in [0.15, 0.2) is 5.78 Å². The van der Waals surface area contributed by atoms with Crippen molar-refractivity contribution in [3.8, 4) is 0 Å². The van der Waals surface area contributed by atoms with Crippen LogP contribution in [0.15, 0.2) is 72.8 Å². The smallest absolute Gasteiger partial charge is 0.240 e. The molecule has 0 saturated carbocycles. The summed E-state index contributed by atoms with van der Waals surface area (Å²) in [4.78, 5) is 54.3. The van der Waals surface area contributed by atoms with Crippen molar-refractivity contribution in [2.45, 2.75) is 63.5 Å². The molecular weight excluding hydrogens is 516 g/mol. The second kappa shape index (κ2) is 14.6. The third-order valence-corrected chi connectivity index (χ3v) is 7.93. The normalized spacial score (nSPS) is 16.3. The zero-order valence-electron chi connectivity index (χ0n) is 23.5. The van der Waals surface area contributed by atoms with Gasteiger partial charge >= 0.3 is 0 Å². The van der Waals surface area contributed by atoms with Crippen LogP contribution < -0.4 is 16.8 Å². The van der Waals surface area contributed by atoms with Crippen LogP contribution >= 0.6 is 0 Å². The monoisotopic (exact) mass is 556 g/mol. The topological polar surface area (TPSA) is 136 Å². The summed E-state index contributed by atoms with van der Waals surface area (Å²) in [5.41, 5.74) is 13.1. The first-order valence-corrected chi connectivity index (χ1v) is 14.5. The number of nitrogens with one attached hydrogen (secondary N) is 1. The van der Waals surface area contributed by atoms with Gasteiger partial charge in [-0.1, -0.05) is 79.2 Å². The molecule has 5 N–H and O–H groups in total. The Morgan fingerprint density at radius 2 is 1.66 bits per heavy atom. The van der Waals surface area contributed by atoms with Crippen LogP contribution in [0, 0.1) is 5.92 Å². The molecule has 41 heavy (non-hydrogen) atoms. The zero-order valence-corrected chi connectivity index (χ0v) is 23.5. The second-order valence-electron chi connectivity index (χ2n) is 10.9. The number of primary amides is 1. The van der Waals surface area contributed by atoms with Gasteiger partial charge in [0.2, 0.25) is 17.7 Å². The van der Waals surface area contributed by atoms with Gasteiger partial charge in [-0.2, -0.15) is 0 Å². The van der Waals surface area contributed by atoms with E-state index in [1.54, 1.807) is 4.90 Å². The Kier molecular flexibility index (Phi) is 10.6. The first kappa shape index (κ1) is 29.9. The van der Waals surface area contributed by atoms with Crippen molar-refractivity contribution in [3.05, 3.63) is 83.9 Å². The lowest BCUT2D eigenvalue weighted by Gasteiger charge is -2.26. The van der Waals surface area contributed by atoms with Crippen molar-refractivity contribution < 1.29 is 19.2 Å². The summed E-state index contributed by atoms with van der Waals surface area (Å²) in [6.45, 7) is 1.00. The number of benzene rings is 3. The number of ketones is 1. The van der Waals surface area contributed by atoms with E-state index < -0.39 is 23.9 Å². The van der Waals surface area contributed by atoms with Crippen LogP contribution in [0.2, 0.25) is 0 Å². The summed E-state index contributed by atoms with van der Waals surface area (Å²) in [7, 11) is 0. The van der Waals surface area contributed by atoms with E-state index in [-0.39, 0.29) is 36.9 Å². The van der Waals surface area contributed by atoms with E-state index >= 15 is 0 Å². The summed E-state index contributed by atoms with van der Waals surface area (Å²) in [5, 5.41) is 4.89. The molecule has 3 aromatic rings. The van der Waals surface area contributed by atoms with E-state index in [0.29, 0.717) is 32.4 Å². The molecule has 1 aliphatic rings. The molecule has 1 heterocycles. The molecule has 3 amide bonds. The third-order valence-electron chi connectivity index (χ3n) is 7.93. The SMILES string of the molecule is NCCCC[C@H](CC(=O)[C@@H]1CCCN1C(=O)Cc1cccc2ccccc12)C(=O)N[C@@H](Cc1ccccc1)C(N)=O. The van der Waals surface area contributed by atoms with Crippen molar-refractivity contribution in [1.29, 1.82) is 0 Å². The highest BCUT2D eigenvalue weighted by molar-refractivity contribution is 5.95. The standard InChI is InChI=1S/C33H40N4O4/c34-18-7-6-13-26(33(41)36-28(32(35)40)20-23-10-2-1-3-11-23)21-30(38)29-17-9-19-37(29)31(39)22-25-15-8-14-24-12-4-5-16-27(24)25/h1-5,8,10-12,14-16,26,28-29H,6-7,9,13,17-22,34H2,(H2,35,40)(H,36,41)/t26-,28+,29+/m1/s1. The van der Waals surface area contributed by atoms with Gasteiger partial charge in [-0.25, -0.2) is 0 Å². The number of fused-ring (bicyclic) bond motifs is 1. The average Bonchev–Trinajstić information content (AvgIpc) is 3.48. The van der Waals surface area contributed by atoms with Gasteiger partial charge < -0.3 is 21.7 Å². The van der Waals surface area contributed by atoms with E-state index in [9.17, 15) is 19.2 Å². The summed E-state index contributed by atoms with van der Waals surface area (Å²) in [6, 6.07) is 21.8. The van der Waals surface area contributed by atoms with E-state index in [2.05, 4.69) is 5.32 Å². The van der Waals surface area contributed by atoms with Crippen molar-refractivity contribution in [2.24, 2.45) is 17.4 Å². The third kappa shape index (κ3) is 8.01. The van der Waals surface area contributed by atoms with Crippen LogP contribution in [-0.4, -0.2) is 53.6 Å². The van der Waals surface area contributed by atoms with Gasteiger partial charge in [0.25, 0.3) is 0 Å². The van der Waals surface area contributed by atoms with E-state index in [1.807, 2.05) is 72.8 Å². The maximum Gasteiger partial charge on any atom is 0.240 e. The quantitative estimate of drug-likeness (QED) is 0.262. The number of likely N-dealkylation sites (tertiary alicyclic amines) is 1. The van der Waals surface area contributed by atoms with E-state index in [4.69, 9.17) is 11.5 Å². The van der Waals surface area contributed by atoms with Crippen molar-refractivity contribution in [3.63, 3.8) is 0 Å². The zero-order chi connectivity index (χ0) is 29.2. The maximum absolute atomic E-state index is 13.6. The maximum atomic E-state index is 13.6. The summed E-state index contributed by atoms with van der Waals surface area (Å²) >= 11 is 0. The predicted octanol–water partition coefficient (Wildman–Crippen LogP) is 3.29. The lowest BCUT2D eigenvalue weighted by molar-refractivity contribution is -0.138. The number of hydrogen-bond acceptors (Lipinski definition) is 5. The molecule has 0 spiro atoms. The Labute approximate surface area is 241 Å². The van der Waals surface area contributed by atoms with Crippen molar-refractivity contribution in [2.75, 3.05) is 13.1 Å². The average molecular weight is 557 g/mol. The van der Waals surface area contributed by atoms with E-state index in [1.165, 1.54) is 0 Å². The minimum atomic E-state index is -0.887. The summed E-state index contributed by atoms with van der Waals surface area (Å²) in [6.07, 6.45) is 3.65. The molecule has 216 valence electrons. The Hall–Kier alpha value is -4.04. The van der Waals surface area contributed by atoms with Gasteiger partial charge in [0, 0.05) is 25.3 Å². The lowest BCUT2D eigenvalue weighted by atomic mass is 9.91. The number of amides is 3. The van der Waals surface area contributed by atoms with Crippen molar-refractivity contribution in [1.82, 2.24) is 10.2 Å². The minimum Gasteiger partial charge on any atom is -0.368 e. The Bertz CT molecular complexity index is 1350. The molecular formula is C33H40N4O4. The Balaban J connectivity index is 1.43. The van der Waals surface area contributed by atoms with Crippen LogP contribution in [0.5, 0.6) is 0 Å². The molecule has 3 aromatic carbocycles. The second-order valence-corrected chi connectivity index (χ2v) is 10.9. The van der Waals surface area contributed by atoms with Gasteiger partial charge in [0.05, 0.1) is 12.5 Å². The molecule has 0 aromatic heterocycles. The van der Waals surface area contributed by atoms with Crippen LogP contribution in [0.4, 0.5) is 0 Å². The molecule has 0 radical (unpaired) electrons. The number of Topliss-reactive ketones (excluding diaryl/α,β-unsaturated/α-hetero) is 1. The molecule has 1 saturated heterocycles. The van der Waals surface area contributed by atoms with Crippen molar-refractivity contribution >= 4 is 34.3 Å². The lowest BCUT2D eigenvalue weighted by Crippen LogP contribution is -2.49. The largest absolute Gasteiger partial charge is 0.368 e. The molecule has 0 unspecified atom stereocenters. The molecule has 0 aliphatic carbocycles. The van der Waals surface area contributed by atoms with Crippen LogP contribution in [-0.2, 0) is 32.0 Å². The molecule has 3 atom stereocenters. The van der Waals surface area contributed by atoms with Gasteiger partial charge in [0.1, 0.15) is 6.04 Å². The number of nitrogens with zero attached hydrogens (tertiary/aromatic N) is 1. The first-order valence-electron chi connectivity index (χ1n) is 14.5. The number of carbonyl (C=O) groups is 4. The van der Waals surface area contributed by atoms with Gasteiger partial charge in [-0.3, -0.25) is 19.2 Å². The van der Waals surface area contributed by atoms with E-state index in [0.717, 1.165) is 34.7 Å². The fraction of sp³-hybridized carbons (Fsp3) is 0.394. The number of carbonyl (C=O) groups excluding carboxylic acids is 4.